The summed E-state index contributed by atoms with van der Waals surface area (Å²) in [6, 6.07) is 1.86. The summed E-state index contributed by atoms with van der Waals surface area (Å²) < 4.78 is 26.0. The second-order valence-corrected chi connectivity index (χ2v) is 5.54. The fourth-order valence-electron chi connectivity index (χ4n) is 3.21. The standard InChI is InChI=1S/C17H21FN2O2/c1-4-9-20-16(19)13-11(17(20)7-8-17)10-12(21-5-2)15(14(13)18)22-6-3/h4,9-10,19H,5-8H2,1-3H3. The number of halogens is 1. The van der Waals surface area contributed by atoms with Crippen LogP contribution in [-0.4, -0.2) is 23.9 Å². The number of fused-ring (bicyclic) bond motifs is 2. The molecule has 118 valence electrons. The zero-order valence-electron chi connectivity index (χ0n) is 13.2. The van der Waals surface area contributed by atoms with Crippen molar-refractivity contribution < 1.29 is 13.9 Å². The molecule has 1 aliphatic carbocycles. The first-order valence-electron chi connectivity index (χ1n) is 7.74. The molecule has 4 nitrogen and oxygen atoms in total. The minimum absolute atomic E-state index is 0.117. The molecule has 1 aromatic carbocycles. The maximum Gasteiger partial charge on any atom is 0.197 e. The molecule has 1 saturated carbocycles. The predicted molar refractivity (Wildman–Crippen MR) is 83.1 cm³/mol. The molecule has 0 saturated heterocycles. The van der Waals surface area contributed by atoms with Crippen molar-refractivity contribution in [3.8, 4) is 11.5 Å². The molecule has 1 heterocycles. The number of rotatable bonds is 5. The molecule has 1 aromatic rings. The van der Waals surface area contributed by atoms with Gasteiger partial charge in [-0.3, -0.25) is 5.41 Å². The number of allylic oxidation sites excluding steroid dienone is 1. The SMILES string of the molecule is CC=CN1C(=N)c2c(cc(OCC)c(OCC)c2F)C12CC2. The van der Waals surface area contributed by atoms with E-state index in [-0.39, 0.29) is 17.1 Å². The van der Waals surface area contributed by atoms with Crippen LogP contribution in [-0.2, 0) is 5.54 Å². The number of nitrogens with one attached hydrogen (secondary N) is 1. The van der Waals surface area contributed by atoms with Gasteiger partial charge in [-0.05, 0) is 45.2 Å². The molecular weight excluding hydrogens is 283 g/mol. The van der Waals surface area contributed by atoms with Gasteiger partial charge in [-0.15, -0.1) is 0 Å². The monoisotopic (exact) mass is 304 g/mol. The highest BCUT2D eigenvalue weighted by molar-refractivity contribution is 6.04. The first kappa shape index (κ1) is 14.9. The third-order valence-electron chi connectivity index (χ3n) is 4.24. The van der Waals surface area contributed by atoms with Crippen LogP contribution in [0.3, 0.4) is 0 Å². The molecule has 2 aliphatic rings. The van der Waals surface area contributed by atoms with Gasteiger partial charge in [0.1, 0.15) is 5.84 Å². The van der Waals surface area contributed by atoms with Crippen LogP contribution in [0.4, 0.5) is 4.39 Å². The Bertz CT molecular complexity index is 651. The van der Waals surface area contributed by atoms with Gasteiger partial charge in [0.15, 0.2) is 17.3 Å². The fraction of sp³-hybridized carbons (Fsp3) is 0.471. The highest BCUT2D eigenvalue weighted by atomic mass is 19.1. The van der Waals surface area contributed by atoms with Crippen molar-refractivity contribution in [1.82, 2.24) is 4.90 Å². The molecule has 0 radical (unpaired) electrons. The first-order valence-corrected chi connectivity index (χ1v) is 7.74. The number of ether oxygens (including phenoxy) is 2. The fourth-order valence-corrected chi connectivity index (χ4v) is 3.21. The van der Waals surface area contributed by atoms with Crippen molar-refractivity contribution >= 4 is 5.84 Å². The highest BCUT2D eigenvalue weighted by Gasteiger charge is 2.57. The Morgan fingerprint density at radius 3 is 2.55 bits per heavy atom. The minimum Gasteiger partial charge on any atom is -0.490 e. The number of benzene rings is 1. The molecule has 5 heteroatoms. The van der Waals surface area contributed by atoms with Crippen LogP contribution < -0.4 is 9.47 Å². The smallest absolute Gasteiger partial charge is 0.197 e. The van der Waals surface area contributed by atoms with Crippen molar-refractivity contribution in [2.45, 2.75) is 39.2 Å². The molecular formula is C17H21FN2O2. The first-order chi connectivity index (χ1) is 10.6. The van der Waals surface area contributed by atoms with E-state index in [0.717, 1.165) is 18.4 Å². The normalized spacial score (nSPS) is 18.2. The van der Waals surface area contributed by atoms with Crippen LogP contribution in [0.1, 0.15) is 44.7 Å². The quantitative estimate of drug-likeness (QED) is 0.900. The van der Waals surface area contributed by atoms with Crippen molar-refractivity contribution in [2.24, 2.45) is 0 Å². The zero-order chi connectivity index (χ0) is 15.9. The van der Waals surface area contributed by atoms with E-state index in [4.69, 9.17) is 14.9 Å². The van der Waals surface area contributed by atoms with E-state index in [2.05, 4.69) is 0 Å². The maximum absolute atomic E-state index is 15.0. The molecule has 0 aromatic heterocycles. The number of amidine groups is 1. The third-order valence-corrected chi connectivity index (χ3v) is 4.24. The molecule has 22 heavy (non-hydrogen) atoms. The average molecular weight is 304 g/mol. The molecule has 3 rings (SSSR count). The van der Waals surface area contributed by atoms with Gasteiger partial charge in [-0.1, -0.05) is 6.08 Å². The second-order valence-electron chi connectivity index (χ2n) is 5.54. The van der Waals surface area contributed by atoms with Gasteiger partial charge < -0.3 is 14.4 Å². The molecule has 1 fully saturated rings. The van der Waals surface area contributed by atoms with Gasteiger partial charge >= 0.3 is 0 Å². The number of hydrogen-bond acceptors (Lipinski definition) is 3. The Morgan fingerprint density at radius 2 is 2.00 bits per heavy atom. The van der Waals surface area contributed by atoms with E-state index >= 15 is 0 Å². The van der Waals surface area contributed by atoms with Crippen LogP contribution in [0.15, 0.2) is 18.3 Å². The van der Waals surface area contributed by atoms with Gasteiger partial charge in [0, 0.05) is 6.20 Å². The Hall–Kier alpha value is -2.04. The lowest BCUT2D eigenvalue weighted by molar-refractivity contribution is 0.274. The molecule has 0 bridgehead atoms. The Morgan fingerprint density at radius 1 is 1.32 bits per heavy atom. The van der Waals surface area contributed by atoms with Gasteiger partial charge in [-0.25, -0.2) is 4.39 Å². The van der Waals surface area contributed by atoms with E-state index in [0.29, 0.717) is 24.5 Å². The van der Waals surface area contributed by atoms with Crippen LogP contribution in [0.2, 0.25) is 0 Å². The largest absolute Gasteiger partial charge is 0.490 e. The lowest BCUT2D eigenvalue weighted by atomic mass is 10.0. The maximum atomic E-state index is 15.0. The van der Waals surface area contributed by atoms with E-state index in [9.17, 15) is 4.39 Å². The van der Waals surface area contributed by atoms with Crippen molar-refractivity contribution in [3.05, 3.63) is 35.3 Å². The van der Waals surface area contributed by atoms with Gasteiger partial charge in [0.05, 0.1) is 24.3 Å². The molecule has 0 atom stereocenters. The Balaban J connectivity index is 2.19. The summed E-state index contributed by atoms with van der Waals surface area (Å²) >= 11 is 0. The second kappa shape index (κ2) is 5.30. The molecule has 0 amide bonds. The van der Waals surface area contributed by atoms with Gasteiger partial charge in [0.2, 0.25) is 0 Å². The lowest BCUT2D eigenvalue weighted by Crippen LogP contribution is -2.27. The Labute approximate surface area is 130 Å². The number of nitrogens with zero attached hydrogens (tertiary/aromatic N) is 1. The van der Waals surface area contributed by atoms with Crippen LogP contribution in [0.5, 0.6) is 11.5 Å². The summed E-state index contributed by atoms with van der Waals surface area (Å²) in [6.07, 6.45) is 5.58. The molecule has 1 N–H and O–H groups in total. The lowest BCUT2D eigenvalue weighted by Gasteiger charge is -2.22. The third kappa shape index (κ3) is 1.91. The zero-order valence-corrected chi connectivity index (χ0v) is 13.2. The van der Waals surface area contributed by atoms with E-state index in [1.807, 2.05) is 44.0 Å². The highest BCUT2D eigenvalue weighted by Crippen LogP contribution is 2.59. The van der Waals surface area contributed by atoms with Gasteiger partial charge in [0.25, 0.3) is 0 Å². The minimum atomic E-state index is -0.480. The Kier molecular flexibility index (Phi) is 3.59. The summed E-state index contributed by atoms with van der Waals surface area (Å²) in [5.74, 6) is 0.270. The molecule has 1 spiro atoms. The van der Waals surface area contributed by atoms with Gasteiger partial charge in [-0.2, -0.15) is 0 Å². The van der Waals surface area contributed by atoms with Crippen LogP contribution in [0.25, 0.3) is 0 Å². The molecule has 1 aliphatic heterocycles. The summed E-state index contributed by atoms with van der Waals surface area (Å²) in [4.78, 5) is 1.87. The number of hydrogen-bond donors (Lipinski definition) is 1. The van der Waals surface area contributed by atoms with Crippen LogP contribution >= 0.6 is 0 Å². The topological polar surface area (TPSA) is 45.6 Å². The summed E-state index contributed by atoms with van der Waals surface area (Å²) in [7, 11) is 0. The summed E-state index contributed by atoms with van der Waals surface area (Å²) in [5.41, 5.74) is 0.929. The van der Waals surface area contributed by atoms with Crippen LogP contribution in [0, 0.1) is 11.2 Å². The summed E-state index contributed by atoms with van der Waals surface area (Å²) in [6.45, 7) is 6.37. The van der Waals surface area contributed by atoms with Crippen molar-refractivity contribution in [1.29, 1.82) is 5.41 Å². The van der Waals surface area contributed by atoms with Crippen molar-refractivity contribution in [2.75, 3.05) is 13.2 Å². The van der Waals surface area contributed by atoms with Crippen molar-refractivity contribution in [3.63, 3.8) is 0 Å². The predicted octanol–water partition coefficient (Wildman–Crippen LogP) is 3.79. The average Bonchev–Trinajstić information content (AvgIpc) is 3.25. The van der Waals surface area contributed by atoms with E-state index in [1.54, 1.807) is 0 Å². The molecule has 0 unspecified atom stereocenters. The summed E-state index contributed by atoms with van der Waals surface area (Å²) in [5, 5.41) is 8.37. The van der Waals surface area contributed by atoms with E-state index in [1.165, 1.54) is 0 Å². The van der Waals surface area contributed by atoms with E-state index < -0.39 is 5.82 Å².